The van der Waals surface area contributed by atoms with Gasteiger partial charge in [-0.25, -0.2) is 0 Å². The molecule has 1 aromatic rings. The lowest BCUT2D eigenvalue weighted by atomic mass is 9.69. The third-order valence-electron chi connectivity index (χ3n) is 6.15. The summed E-state index contributed by atoms with van der Waals surface area (Å²) >= 11 is 0. The normalized spacial score (nSPS) is 28.1. The molecule has 154 valence electrons. The molecule has 2 aliphatic rings. The summed E-state index contributed by atoms with van der Waals surface area (Å²) in [5, 5.41) is 0. The van der Waals surface area contributed by atoms with Gasteiger partial charge in [-0.3, -0.25) is 9.33 Å². The van der Waals surface area contributed by atoms with Gasteiger partial charge in [-0.05, 0) is 74.3 Å². The molecular formula is C21H30F4O2. The highest BCUT2D eigenvalue weighted by Gasteiger charge is 2.29. The second kappa shape index (κ2) is 10.8. The largest absolute Gasteiger partial charge is 0.494 e. The highest BCUT2D eigenvalue weighted by Crippen LogP contribution is 2.41. The summed E-state index contributed by atoms with van der Waals surface area (Å²) in [6, 6.07) is 1.99. The molecule has 0 atom stereocenters. The number of alkyl halides is 1. The highest BCUT2D eigenvalue weighted by atomic mass is 19.3. The molecule has 1 aromatic carbocycles. The zero-order valence-electron chi connectivity index (χ0n) is 16.2. The zero-order chi connectivity index (χ0) is 19.8. The van der Waals surface area contributed by atoms with E-state index in [1.54, 1.807) is 0 Å². The molecule has 0 bridgehead atoms. The predicted molar refractivity (Wildman–Crippen MR) is 97.2 cm³/mol. The van der Waals surface area contributed by atoms with E-state index in [4.69, 9.17) is 0 Å². The van der Waals surface area contributed by atoms with Crippen LogP contribution in [0.3, 0.4) is 0 Å². The van der Waals surface area contributed by atoms with Crippen LogP contribution in [-0.4, -0.2) is 13.8 Å². The molecule has 0 amide bonds. The summed E-state index contributed by atoms with van der Waals surface area (Å²) in [5.41, 5.74) is 0. The Morgan fingerprint density at radius 1 is 0.852 bits per heavy atom. The van der Waals surface area contributed by atoms with Crippen molar-refractivity contribution in [3.05, 3.63) is 23.8 Å². The summed E-state index contributed by atoms with van der Waals surface area (Å²) < 4.78 is 53.7. The lowest BCUT2D eigenvalue weighted by Gasteiger charge is -2.36. The van der Waals surface area contributed by atoms with Crippen molar-refractivity contribution in [1.29, 1.82) is 0 Å². The van der Waals surface area contributed by atoms with E-state index in [1.165, 1.54) is 45.6 Å². The molecule has 0 spiro atoms. The maximum atomic E-state index is 12.7. The molecule has 0 unspecified atom stereocenters. The standard InChI is InChI=1S/C14H25F.C7H5F3O2/c1-11-2-6-13(7-3-11)14-8-4-12(10-15)5-9-14;1-11-4-2-3-5(12-10)7(9)6(4)8/h11-14H,2-10H2,1H3;2-3H,1H3. The summed E-state index contributed by atoms with van der Waals surface area (Å²) in [6.45, 7) is 2.31. The smallest absolute Gasteiger partial charge is 0.210 e. The molecule has 0 heterocycles. The minimum Gasteiger partial charge on any atom is -0.494 e. The highest BCUT2D eigenvalue weighted by molar-refractivity contribution is 5.34. The molecule has 27 heavy (non-hydrogen) atoms. The number of halogens is 4. The van der Waals surface area contributed by atoms with E-state index in [2.05, 4.69) is 16.6 Å². The molecule has 3 rings (SSSR count). The van der Waals surface area contributed by atoms with Crippen LogP contribution < -0.4 is 9.68 Å². The fraction of sp³-hybridized carbons (Fsp3) is 0.714. The van der Waals surface area contributed by atoms with Crippen LogP contribution in [0.15, 0.2) is 12.1 Å². The van der Waals surface area contributed by atoms with Crippen LogP contribution in [0.25, 0.3) is 0 Å². The van der Waals surface area contributed by atoms with Crippen molar-refractivity contribution in [2.24, 2.45) is 23.7 Å². The van der Waals surface area contributed by atoms with Gasteiger partial charge in [-0.15, -0.1) is 0 Å². The molecule has 0 aromatic heterocycles. The van der Waals surface area contributed by atoms with Gasteiger partial charge in [0.15, 0.2) is 5.75 Å². The second-order valence-electron chi connectivity index (χ2n) is 7.93. The maximum absolute atomic E-state index is 12.7. The minimum atomic E-state index is -1.41. The molecule has 2 nitrogen and oxygen atoms in total. The molecule has 2 saturated carbocycles. The van der Waals surface area contributed by atoms with Gasteiger partial charge >= 0.3 is 0 Å². The molecule has 0 saturated heterocycles. The number of benzene rings is 1. The lowest BCUT2D eigenvalue weighted by Crippen LogP contribution is -2.25. The van der Waals surface area contributed by atoms with Crippen molar-refractivity contribution in [2.45, 2.75) is 58.3 Å². The van der Waals surface area contributed by atoms with Gasteiger partial charge in [-0.1, -0.05) is 19.8 Å². The quantitative estimate of drug-likeness (QED) is 0.525. The summed E-state index contributed by atoms with van der Waals surface area (Å²) in [7, 11) is 1.17. The molecular weight excluding hydrogens is 360 g/mol. The Labute approximate surface area is 159 Å². The van der Waals surface area contributed by atoms with Gasteiger partial charge < -0.3 is 4.74 Å². The van der Waals surface area contributed by atoms with E-state index >= 15 is 0 Å². The van der Waals surface area contributed by atoms with Gasteiger partial charge in [-0.2, -0.15) is 8.78 Å². The minimum absolute atomic E-state index is 0.0750. The van der Waals surface area contributed by atoms with Crippen molar-refractivity contribution in [3.63, 3.8) is 0 Å². The number of hydrogen-bond acceptors (Lipinski definition) is 2. The fourth-order valence-electron chi connectivity index (χ4n) is 4.30. The Balaban J connectivity index is 0.000000199. The van der Waals surface area contributed by atoms with E-state index in [0.717, 1.165) is 42.7 Å². The van der Waals surface area contributed by atoms with Crippen LogP contribution in [-0.2, 0) is 0 Å². The van der Waals surface area contributed by atoms with Crippen LogP contribution in [0, 0.1) is 35.3 Å². The van der Waals surface area contributed by atoms with Gasteiger partial charge in [0.1, 0.15) is 0 Å². The van der Waals surface area contributed by atoms with E-state index in [9.17, 15) is 17.7 Å². The van der Waals surface area contributed by atoms with Gasteiger partial charge in [0.05, 0.1) is 13.8 Å². The van der Waals surface area contributed by atoms with Crippen molar-refractivity contribution in [2.75, 3.05) is 13.8 Å². The molecule has 2 fully saturated rings. The van der Waals surface area contributed by atoms with Crippen molar-refractivity contribution < 1.29 is 27.4 Å². The van der Waals surface area contributed by atoms with E-state index in [0.29, 0.717) is 5.92 Å². The van der Waals surface area contributed by atoms with E-state index in [-0.39, 0.29) is 12.4 Å². The van der Waals surface area contributed by atoms with E-state index < -0.39 is 17.4 Å². The average molecular weight is 390 g/mol. The SMILES string of the molecule is CC1CCC(C2CCC(CF)CC2)CC1.COc1ccc(OF)c(F)c1F. The van der Waals surface area contributed by atoms with Crippen molar-refractivity contribution in [1.82, 2.24) is 0 Å². The topological polar surface area (TPSA) is 18.5 Å². The third-order valence-corrected chi connectivity index (χ3v) is 6.15. The first kappa shape index (κ1) is 21.8. The van der Waals surface area contributed by atoms with Crippen LogP contribution >= 0.6 is 0 Å². The van der Waals surface area contributed by atoms with Gasteiger partial charge in [0, 0.05) is 4.53 Å². The monoisotopic (exact) mass is 390 g/mol. The van der Waals surface area contributed by atoms with Gasteiger partial charge in [0.25, 0.3) is 0 Å². The van der Waals surface area contributed by atoms with Crippen LogP contribution in [0.1, 0.15) is 58.3 Å². The maximum Gasteiger partial charge on any atom is 0.210 e. The summed E-state index contributed by atoms with van der Waals surface area (Å²) in [6.07, 6.45) is 10.7. The Bertz CT molecular complexity index is 537. The second-order valence-corrected chi connectivity index (χ2v) is 7.93. The molecule has 2 aliphatic carbocycles. The first-order chi connectivity index (χ1) is 13.0. The predicted octanol–water partition coefficient (Wildman–Crippen LogP) is 6.83. The zero-order valence-corrected chi connectivity index (χ0v) is 16.2. The molecule has 6 heteroatoms. The molecule has 0 radical (unpaired) electrons. The average Bonchev–Trinajstić information content (AvgIpc) is 2.71. The van der Waals surface area contributed by atoms with Crippen LogP contribution in [0.5, 0.6) is 11.5 Å². The fourth-order valence-corrected chi connectivity index (χ4v) is 4.30. The first-order valence-electron chi connectivity index (χ1n) is 9.86. The number of rotatable bonds is 4. The molecule has 0 aliphatic heterocycles. The lowest BCUT2D eigenvalue weighted by molar-refractivity contribution is -0.0115. The number of ether oxygens (including phenoxy) is 1. The Morgan fingerprint density at radius 2 is 1.33 bits per heavy atom. The summed E-state index contributed by atoms with van der Waals surface area (Å²) in [5.74, 6) is -0.472. The van der Waals surface area contributed by atoms with Crippen molar-refractivity contribution >= 4 is 0 Å². The Kier molecular flexibility index (Phi) is 8.71. The Hall–Kier alpha value is -1.46. The van der Waals surface area contributed by atoms with Crippen molar-refractivity contribution in [3.8, 4) is 11.5 Å². The van der Waals surface area contributed by atoms with E-state index in [1.807, 2.05) is 0 Å². The van der Waals surface area contributed by atoms with Gasteiger partial charge in [0.2, 0.25) is 17.4 Å². The number of methoxy groups -OCH3 is 1. The van der Waals surface area contributed by atoms with Crippen LogP contribution in [0.4, 0.5) is 17.7 Å². The third kappa shape index (κ3) is 6.01. The van der Waals surface area contributed by atoms with Crippen LogP contribution in [0.2, 0.25) is 0 Å². The molecule has 0 N–H and O–H groups in total. The number of hydrogen-bond donors (Lipinski definition) is 0. The Morgan fingerprint density at radius 3 is 1.81 bits per heavy atom. The first-order valence-corrected chi connectivity index (χ1v) is 9.86. The summed E-state index contributed by atoms with van der Waals surface area (Å²) in [4.78, 5) is 3.05.